The first-order valence-electron chi connectivity index (χ1n) is 6.06. The highest BCUT2D eigenvalue weighted by atomic mass is 79.9. The predicted molar refractivity (Wildman–Crippen MR) is 75.4 cm³/mol. The van der Waals surface area contributed by atoms with Gasteiger partial charge in [0.25, 0.3) is 0 Å². The van der Waals surface area contributed by atoms with E-state index in [-0.39, 0.29) is 5.75 Å². The molecule has 0 atom stereocenters. The fourth-order valence-corrected chi connectivity index (χ4v) is 2.42. The summed E-state index contributed by atoms with van der Waals surface area (Å²) in [4.78, 5) is 0. The molecule has 0 unspecified atom stereocenters. The van der Waals surface area contributed by atoms with Crippen LogP contribution in [-0.2, 0) is 0 Å². The van der Waals surface area contributed by atoms with Crippen molar-refractivity contribution in [2.24, 2.45) is 5.10 Å². The maximum absolute atomic E-state index is 9.71. The van der Waals surface area contributed by atoms with Gasteiger partial charge in [-0.25, -0.2) is 0 Å². The molecule has 1 aliphatic rings. The van der Waals surface area contributed by atoms with Crippen LogP contribution in [0.5, 0.6) is 11.5 Å². The average molecular weight is 313 g/mol. The topological polar surface area (TPSA) is 45.1 Å². The van der Waals surface area contributed by atoms with E-state index in [1.807, 2.05) is 6.07 Å². The SMILES string of the molecule is COc1cc(C=NN2CCCCC2)cc(Br)c1O. The summed E-state index contributed by atoms with van der Waals surface area (Å²) < 4.78 is 5.72. The highest BCUT2D eigenvalue weighted by molar-refractivity contribution is 9.10. The molecule has 0 aromatic heterocycles. The molecule has 1 aromatic rings. The quantitative estimate of drug-likeness (QED) is 0.873. The van der Waals surface area contributed by atoms with Crippen LogP contribution < -0.4 is 4.74 Å². The van der Waals surface area contributed by atoms with Crippen molar-refractivity contribution in [3.8, 4) is 11.5 Å². The fourth-order valence-electron chi connectivity index (χ4n) is 1.96. The summed E-state index contributed by atoms with van der Waals surface area (Å²) in [7, 11) is 1.53. The Kier molecular flexibility index (Phi) is 4.47. The van der Waals surface area contributed by atoms with Crippen LogP contribution in [-0.4, -0.2) is 36.5 Å². The molecule has 0 spiro atoms. The second kappa shape index (κ2) is 6.09. The second-order valence-corrected chi connectivity index (χ2v) is 5.17. The molecule has 98 valence electrons. The lowest BCUT2D eigenvalue weighted by Crippen LogP contribution is -2.24. The highest BCUT2D eigenvalue weighted by Gasteiger charge is 2.09. The molecule has 0 aliphatic carbocycles. The molecule has 1 aromatic carbocycles. The van der Waals surface area contributed by atoms with Crippen molar-refractivity contribution in [3.05, 3.63) is 22.2 Å². The van der Waals surface area contributed by atoms with E-state index >= 15 is 0 Å². The van der Waals surface area contributed by atoms with Gasteiger partial charge in [0.2, 0.25) is 0 Å². The standard InChI is InChI=1S/C13H17BrN2O2/c1-18-12-8-10(7-11(14)13(12)17)9-15-16-5-3-2-4-6-16/h7-9,17H,2-6H2,1H3. The number of hydrogen-bond acceptors (Lipinski definition) is 4. The maximum Gasteiger partial charge on any atom is 0.172 e. The summed E-state index contributed by atoms with van der Waals surface area (Å²) in [6.07, 6.45) is 5.52. The Balaban J connectivity index is 2.13. The second-order valence-electron chi connectivity index (χ2n) is 4.31. The van der Waals surface area contributed by atoms with Crippen LogP contribution in [0.15, 0.2) is 21.7 Å². The molecule has 1 fully saturated rings. The lowest BCUT2D eigenvalue weighted by Gasteiger charge is -2.23. The molecule has 0 bridgehead atoms. The number of methoxy groups -OCH3 is 1. The molecule has 1 N–H and O–H groups in total. The van der Waals surface area contributed by atoms with Crippen molar-refractivity contribution in [1.29, 1.82) is 0 Å². The molecule has 1 heterocycles. The summed E-state index contributed by atoms with van der Waals surface area (Å²) in [5.41, 5.74) is 0.905. The van der Waals surface area contributed by atoms with Crippen LogP contribution in [0.25, 0.3) is 0 Å². The van der Waals surface area contributed by atoms with Crippen molar-refractivity contribution in [2.45, 2.75) is 19.3 Å². The molecular weight excluding hydrogens is 296 g/mol. The van der Waals surface area contributed by atoms with Gasteiger partial charge in [-0.05, 0) is 52.9 Å². The number of benzene rings is 1. The molecule has 5 heteroatoms. The molecule has 4 nitrogen and oxygen atoms in total. The Morgan fingerprint density at radius 2 is 2.06 bits per heavy atom. The predicted octanol–water partition coefficient (Wildman–Crippen LogP) is 2.98. The van der Waals surface area contributed by atoms with Crippen molar-refractivity contribution in [2.75, 3.05) is 20.2 Å². The number of phenols is 1. The molecule has 0 radical (unpaired) electrons. The van der Waals surface area contributed by atoms with E-state index in [9.17, 15) is 5.11 Å². The van der Waals surface area contributed by atoms with Gasteiger partial charge in [-0.15, -0.1) is 0 Å². The van der Waals surface area contributed by atoms with E-state index in [1.165, 1.54) is 26.4 Å². The molecule has 0 saturated carbocycles. The Morgan fingerprint density at radius 3 is 2.72 bits per heavy atom. The Bertz CT molecular complexity index is 443. The summed E-state index contributed by atoms with van der Waals surface area (Å²) in [6.45, 7) is 2.04. The van der Waals surface area contributed by atoms with Gasteiger partial charge in [-0.1, -0.05) is 0 Å². The molecular formula is C13H17BrN2O2. The molecule has 0 amide bonds. The van der Waals surface area contributed by atoms with Crippen molar-refractivity contribution in [1.82, 2.24) is 5.01 Å². The van der Waals surface area contributed by atoms with E-state index < -0.39 is 0 Å². The number of aromatic hydroxyl groups is 1. The molecule has 18 heavy (non-hydrogen) atoms. The Hall–Kier alpha value is -1.23. The molecule has 1 aliphatic heterocycles. The van der Waals surface area contributed by atoms with Crippen LogP contribution in [0.4, 0.5) is 0 Å². The Labute approximate surface area is 115 Å². The minimum absolute atomic E-state index is 0.118. The number of hydrogen-bond donors (Lipinski definition) is 1. The van der Waals surface area contributed by atoms with E-state index in [1.54, 1.807) is 12.3 Å². The normalized spacial score (nSPS) is 16.2. The summed E-state index contributed by atoms with van der Waals surface area (Å²) in [6, 6.07) is 3.60. The first kappa shape index (κ1) is 13.2. The minimum atomic E-state index is 0.118. The van der Waals surface area contributed by atoms with Gasteiger partial charge in [0.1, 0.15) is 0 Å². The number of ether oxygens (including phenoxy) is 1. The van der Waals surface area contributed by atoms with E-state index in [0.29, 0.717) is 10.2 Å². The smallest absolute Gasteiger partial charge is 0.172 e. The first-order valence-corrected chi connectivity index (χ1v) is 6.85. The van der Waals surface area contributed by atoms with E-state index in [0.717, 1.165) is 18.7 Å². The van der Waals surface area contributed by atoms with Gasteiger partial charge in [-0.3, -0.25) is 5.01 Å². The van der Waals surface area contributed by atoms with Gasteiger partial charge in [0.05, 0.1) is 17.8 Å². The summed E-state index contributed by atoms with van der Waals surface area (Å²) >= 11 is 3.30. The van der Waals surface area contributed by atoms with Crippen LogP contribution in [0.2, 0.25) is 0 Å². The van der Waals surface area contributed by atoms with E-state index in [4.69, 9.17) is 4.74 Å². The van der Waals surface area contributed by atoms with Gasteiger partial charge >= 0.3 is 0 Å². The van der Waals surface area contributed by atoms with Crippen LogP contribution in [0.3, 0.4) is 0 Å². The van der Waals surface area contributed by atoms with Crippen LogP contribution >= 0.6 is 15.9 Å². The third-order valence-corrected chi connectivity index (χ3v) is 3.58. The molecule has 1 saturated heterocycles. The number of rotatable bonds is 3. The summed E-state index contributed by atoms with van der Waals surface area (Å²) in [5, 5.41) is 16.2. The summed E-state index contributed by atoms with van der Waals surface area (Å²) in [5.74, 6) is 0.567. The van der Waals surface area contributed by atoms with E-state index in [2.05, 4.69) is 26.0 Å². The highest BCUT2D eigenvalue weighted by Crippen LogP contribution is 2.34. The average Bonchev–Trinajstić information content (AvgIpc) is 2.41. The number of nitrogens with zero attached hydrogens (tertiary/aromatic N) is 2. The number of hydrazone groups is 1. The van der Waals surface area contributed by atoms with Gasteiger partial charge < -0.3 is 9.84 Å². The molecule has 2 rings (SSSR count). The van der Waals surface area contributed by atoms with Gasteiger partial charge in [0, 0.05) is 13.1 Å². The van der Waals surface area contributed by atoms with Crippen molar-refractivity contribution >= 4 is 22.1 Å². The van der Waals surface area contributed by atoms with Crippen molar-refractivity contribution < 1.29 is 9.84 Å². The first-order chi connectivity index (χ1) is 8.70. The van der Waals surface area contributed by atoms with Gasteiger partial charge in [-0.2, -0.15) is 5.10 Å². The van der Waals surface area contributed by atoms with Crippen molar-refractivity contribution in [3.63, 3.8) is 0 Å². The monoisotopic (exact) mass is 312 g/mol. The number of piperidine rings is 1. The lowest BCUT2D eigenvalue weighted by molar-refractivity contribution is 0.240. The fraction of sp³-hybridized carbons (Fsp3) is 0.462. The maximum atomic E-state index is 9.71. The zero-order valence-corrected chi connectivity index (χ0v) is 12.0. The third kappa shape index (κ3) is 3.16. The third-order valence-electron chi connectivity index (χ3n) is 2.97. The van der Waals surface area contributed by atoms with Crippen LogP contribution in [0, 0.1) is 0 Å². The van der Waals surface area contributed by atoms with Crippen LogP contribution in [0.1, 0.15) is 24.8 Å². The zero-order chi connectivity index (χ0) is 13.0. The Morgan fingerprint density at radius 1 is 1.33 bits per heavy atom. The lowest BCUT2D eigenvalue weighted by atomic mass is 10.2. The zero-order valence-electron chi connectivity index (χ0n) is 10.4. The number of phenolic OH excluding ortho intramolecular Hbond substituents is 1. The van der Waals surface area contributed by atoms with Gasteiger partial charge in [0.15, 0.2) is 11.5 Å². The largest absolute Gasteiger partial charge is 0.503 e. The number of halogens is 1. The minimum Gasteiger partial charge on any atom is -0.503 e.